The molecule has 0 amide bonds. The minimum absolute atomic E-state index is 0.415. The Morgan fingerprint density at radius 3 is 2.88 bits per heavy atom. The molecule has 0 spiro atoms. The molecule has 4 rings (SSSR count). The van der Waals surface area contributed by atoms with Crippen LogP contribution in [0, 0.1) is 5.92 Å². The van der Waals surface area contributed by atoms with Crippen molar-refractivity contribution in [1.29, 1.82) is 0 Å². The minimum Gasteiger partial charge on any atom is -0.331 e. The van der Waals surface area contributed by atoms with Gasteiger partial charge in [-0.2, -0.15) is 0 Å². The summed E-state index contributed by atoms with van der Waals surface area (Å²) in [5.74, 6) is 1.31. The summed E-state index contributed by atoms with van der Waals surface area (Å²) in [7, 11) is 0. The number of hydrogen-bond donors (Lipinski definition) is 1. The summed E-state index contributed by atoms with van der Waals surface area (Å²) in [6.07, 6.45) is 8.27. The van der Waals surface area contributed by atoms with Gasteiger partial charge in [-0.25, -0.2) is 15.0 Å². The van der Waals surface area contributed by atoms with Crippen molar-refractivity contribution in [2.24, 2.45) is 5.92 Å². The first-order valence-corrected chi connectivity index (χ1v) is 8.63. The molecule has 1 N–H and O–H groups in total. The Hall–Kier alpha value is -2.66. The number of benzene rings is 1. The van der Waals surface area contributed by atoms with Gasteiger partial charge in [-0.05, 0) is 36.1 Å². The predicted octanol–water partition coefficient (Wildman–Crippen LogP) is 4.35. The minimum atomic E-state index is 0.415. The van der Waals surface area contributed by atoms with Crippen LogP contribution < -0.4 is 0 Å². The predicted molar refractivity (Wildman–Crippen MR) is 99.4 cm³/mol. The number of fused-ring (bicyclic) bond motifs is 1. The van der Waals surface area contributed by atoms with Crippen molar-refractivity contribution in [3.63, 3.8) is 0 Å². The van der Waals surface area contributed by atoms with E-state index >= 15 is 0 Å². The highest BCUT2D eigenvalue weighted by molar-refractivity contribution is 6.33. The van der Waals surface area contributed by atoms with Crippen LogP contribution in [-0.4, -0.2) is 24.5 Å². The zero-order valence-corrected chi connectivity index (χ0v) is 14.6. The number of nitrogens with zero attached hydrogens (tertiary/aromatic N) is 4. The van der Waals surface area contributed by atoms with Gasteiger partial charge in [0.1, 0.15) is 11.3 Å². The fraction of sp³-hybridized carbons (Fsp3) is 0.211. The third-order valence-corrected chi connectivity index (χ3v) is 4.64. The lowest BCUT2D eigenvalue weighted by Crippen LogP contribution is -2.11. The van der Waals surface area contributed by atoms with Gasteiger partial charge in [0.25, 0.3) is 0 Å². The molecular formula is C19H18ClN5. The van der Waals surface area contributed by atoms with Crippen LogP contribution >= 0.6 is 11.6 Å². The van der Waals surface area contributed by atoms with Crippen molar-refractivity contribution >= 4 is 22.8 Å². The Morgan fingerprint density at radius 2 is 2.00 bits per heavy atom. The van der Waals surface area contributed by atoms with Crippen molar-refractivity contribution in [1.82, 2.24) is 24.5 Å². The molecule has 25 heavy (non-hydrogen) atoms. The van der Waals surface area contributed by atoms with E-state index in [1.165, 1.54) is 5.56 Å². The van der Waals surface area contributed by atoms with Crippen LogP contribution in [0.5, 0.6) is 0 Å². The summed E-state index contributed by atoms with van der Waals surface area (Å²) >= 11 is 6.33. The van der Waals surface area contributed by atoms with E-state index in [1.807, 2.05) is 48.9 Å². The Bertz CT molecular complexity index is 1000. The first kappa shape index (κ1) is 15.8. The highest BCUT2D eigenvalue weighted by atomic mass is 35.5. The molecule has 0 bridgehead atoms. The molecular weight excluding hydrogens is 334 g/mol. The van der Waals surface area contributed by atoms with E-state index in [9.17, 15) is 0 Å². The largest absolute Gasteiger partial charge is 0.331 e. The van der Waals surface area contributed by atoms with Gasteiger partial charge >= 0.3 is 0 Å². The highest BCUT2D eigenvalue weighted by Crippen LogP contribution is 2.27. The van der Waals surface area contributed by atoms with E-state index in [4.69, 9.17) is 11.6 Å². The number of aromatic amines is 1. The molecule has 1 unspecified atom stereocenters. The number of H-pyrrole nitrogens is 1. The van der Waals surface area contributed by atoms with Crippen molar-refractivity contribution in [3.05, 3.63) is 65.8 Å². The average Bonchev–Trinajstić information content (AvgIpc) is 3.25. The number of rotatable bonds is 5. The SMILES string of the molecule is CC(Cc1ccnc2[nH]cnc12)Cn1ccnc1-c1ccccc1Cl. The second kappa shape index (κ2) is 6.69. The monoisotopic (exact) mass is 351 g/mol. The molecule has 1 aromatic carbocycles. The fourth-order valence-electron chi connectivity index (χ4n) is 3.19. The molecule has 5 nitrogen and oxygen atoms in total. The van der Waals surface area contributed by atoms with Crippen molar-refractivity contribution in [3.8, 4) is 11.4 Å². The summed E-state index contributed by atoms with van der Waals surface area (Å²) < 4.78 is 2.16. The maximum atomic E-state index is 6.33. The Balaban J connectivity index is 1.56. The lowest BCUT2D eigenvalue weighted by molar-refractivity contribution is 0.483. The first-order valence-electron chi connectivity index (χ1n) is 8.25. The van der Waals surface area contributed by atoms with Crippen molar-refractivity contribution < 1.29 is 0 Å². The summed E-state index contributed by atoms with van der Waals surface area (Å²) in [6, 6.07) is 9.85. The normalized spacial score (nSPS) is 12.6. The fourth-order valence-corrected chi connectivity index (χ4v) is 3.41. The standard InChI is InChI=1S/C19H18ClN5/c1-13(10-14-6-7-21-18-17(14)23-12-24-18)11-25-9-8-22-19(25)15-4-2-3-5-16(15)20/h2-9,12-13H,10-11H2,1H3,(H,21,23,24). The topological polar surface area (TPSA) is 59.4 Å². The summed E-state index contributed by atoms with van der Waals surface area (Å²) in [5.41, 5.74) is 3.95. The van der Waals surface area contributed by atoms with Crippen LogP contribution in [0.1, 0.15) is 12.5 Å². The number of pyridine rings is 1. The molecule has 3 aromatic heterocycles. The maximum Gasteiger partial charge on any atom is 0.157 e. The number of hydrogen-bond acceptors (Lipinski definition) is 3. The van der Waals surface area contributed by atoms with E-state index in [2.05, 4.69) is 31.4 Å². The number of aromatic nitrogens is 5. The van der Waals surface area contributed by atoms with Gasteiger partial charge in [-0.1, -0.05) is 30.7 Å². The second-order valence-corrected chi connectivity index (χ2v) is 6.67. The lowest BCUT2D eigenvalue weighted by atomic mass is 10.0. The van der Waals surface area contributed by atoms with E-state index < -0.39 is 0 Å². The number of imidazole rings is 2. The van der Waals surface area contributed by atoms with E-state index in [1.54, 1.807) is 6.33 Å². The van der Waals surface area contributed by atoms with Gasteiger partial charge in [-0.15, -0.1) is 0 Å². The van der Waals surface area contributed by atoms with E-state index in [-0.39, 0.29) is 0 Å². The molecule has 0 radical (unpaired) electrons. The summed E-state index contributed by atoms with van der Waals surface area (Å²) in [5, 5.41) is 0.718. The van der Waals surface area contributed by atoms with Crippen LogP contribution in [0.3, 0.4) is 0 Å². The van der Waals surface area contributed by atoms with Crippen LogP contribution in [0.15, 0.2) is 55.2 Å². The van der Waals surface area contributed by atoms with Crippen LogP contribution in [0.2, 0.25) is 5.02 Å². The Morgan fingerprint density at radius 1 is 1.12 bits per heavy atom. The molecule has 0 saturated carbocycles. The quantitative estimate of drug-likeness (QED) is 0.581. The molecule has 0 fully saturated rings. The molecule has 126 valence electrons. The van der Waals surface area contributed by atoms with Gasteiger partial charge in [0, 0.05) is 30.7 Å². The zero-order chi connectivity index (χ0) is 17.2. The van der Waals surface area contributed by atoms with Gasteiger partial charge in [-0.3, -0.25) is 0 Å². The number of halogens is 1. The van der Waals surface area contributed by atoms with E-state index in [0.717, 1.165) is 40.5 Å². The molecule has 3 heterocycles. The molecule has 6 heteroatoms. The molecule has 0 aliphatic heterocycles. The van der Waals surface area contributed by atoms with Gasteiger partial charge in [0.05, 0.1) is 11.3 Å². The van der Waals surface area contributed by atoms with Crippen LogP contribution in [-0.2, 0) is 13.0 Å². The molecule has 0 aliphatic rings. The van der Waals surface area contributed by atoms with Gasteiger partial charge < -0.3 is 9.55 Å². The zero-order valence-electron chi connectivity index (χ0n) is 13.9. The third-order valence-electron chi connectivity index (χ3n) is 4.31. The van der Waals surface area contributed by atoms with Crippen molar-refractivity contribution in [2.75, 3.05) is 0 Å². The molecule has 0 saturated heterocycles. The van der Waals surface area contributed by atoms with Crippen LogP contribution in [0.25, 0.3) is 22.6 Å². The number of nitrogens with one attached hydrogen (secondary N) is 1. The van der Waals surface area contributed by atoms with Gasteiger partial charge in [0.2, 0.25) is 0 Å². The molecule has 0 aliphatic carbocycles. The van der Waals surface area contributed by atoms with Gasteiger partial charge in [0.15, 0.2) is 5.65 Å². The highest BCUT2D eigenvalue weighted by Gasteiger charge is 2.14. The lowest BCUT2D eigenvalue weighted by Gasteiger charge is -2.15. The Kier molecular flexibility index (Phi) is 4.24. The summed E-state index contributed by atoms with van der Waals surface area (Å²) in [6.45, 7) is 3.09. The molecule has 4 aromatic rings. The van der Waals surface area contributed by atoms with Crippen molar-refractivity contribution in [2.45, 2.75) is 19.9 Å². The second-order valence-electron chi connectivity index (χ2n) is 6.26. The first-order chi connectivity index (χ1) is 12.2. The Labute approximate surface area is 150 Å². The van der Waals surface area contributed by atoms with Crippen LogP contribution in [0.4, 0.5) is 0 Å². The average molecular weight is 352 g/mol. The third kappa shape index (κ3) is 3.15. The van der Waals surface area contributed by atoms with E-state index in [0.29, 0.717) is 5.92 Å². The maximum absolute atomic E-state index is 6.33. The molecule has 1 atom stereocenters. The smallest absolute Gasteiger partial charge is 0.157 e. The summed E-state index contributed by atoms with van der Waals surface area (Å²) in [4.78, 5) is 16.3.